The van der Waals surface area contributed by atoms with Crippen LogP contribution in [0.3, 0.4) is 0 Å². The minimum absolute atomic E-state index is 0.524. The second kappa shape index (κ2) is 3.53. The molecule has 76 valence electrons. The summed E-state index contributed by atoms with van der Waals surface area (Å²) in [5.41, 5.74) is 2.07. The molecule has 0 unspecified atom stereocenters. The molecule has 0 bridgehead atoms. The standard InChI is InChI=1S/C10H9N3O2/c1-7(6-10(14)15)13-9-5-3-2-4-8(9)11-12-13/h2-6H,1H3,(H,14,15)/b7-6+. The highest BCUT2D eigenvalue weighted by Gasteiger charge is 2.05. The van der Waals surface area contributed by atoms with E-state index in [9.17, 15) is 4.79 Å². The van der Waals surface area contributed by atoms with Gasteiger partial charge in [0.25, 0.3) is 0 Å². The number of benzene rings is 1. The smallest absolute Gasteiger partial charge is 0.330 e. The fraction of sp³-hybridized carbons (Fsp3) is 0.100. The van der Waals surface area contributed by atoms with Crippen molar-refractivity contribution in [1.29, 1.82) is 0 Å². The summed E-state index contributed by atoms with van der Waals surface area (Å²) in [5, 5.41) is 16.4. The van der Waals surface area contributed by atoms with Crippen molar-refractivity contribution in [2.45, 2.75) is 6.92 Å². The van der Waals surface area contributed by atoms with E-state index in [4.69, 9.17) is 5.11 Å². The molecule has 15 heavy (non-hydrogen) atoms. The van der Waals surface area contributed by atoms with Crippen LogP contribution in [0.1, 0.15) is 6.92 Å². The Hall–Kier alpha value is -2.17. The number of aromatic nitrogens is 3. The highest BCUT2D eigenvalue weighted by molar-refractivity contribution is 5.87. The minimum atomic E-state index is -0.993. The number of rotatable bonds is 2. The molecule has 1 aromatic heterocycles. The molecule has 0 saturated heterocycles. The maximum atomic E-state index is 10.5. The molecular weight excluding hydrogens is 194 g/mol. The zero-order chi connectivity index (χ0) is 10.8. The van der Waals surface area contributed by atoms with Gasteiger partial charge in [0.15, 0.2) is 0 Å². The van der Waals surface area contributed by atoms with Crippen LogP contribution in [0.25, 0.3) is 16.7 Å². The maximum absolute atomic E-state index is 10.5. The largest absolute Gasteiger partial charge is 0.478 e. The summed E-state index contributed by atoms with van der Waals surface area (Å²) in [6, 6.07) is 7.38. The van der Waals surface area contributed by atoms with Crippen molar-refractivity contribution in [3.05, 3.63) is 30.3 Å². The zero-order valence-corrected chi connectivity index (χ0v) is 8.08. The Bertz CT molecular complexity index is 542. The van der Waals surface area contributed by atoms with E-state index < -0.39 is 5.97 Å². The van der Waals surface area contributed by atoms with Crippen molar-refractivity contribution in [2.24, 2.45) is 0 Å². The number of carbonyl (C=O) groups is 1. The fourth-order valence-corrected chi connectivity index (χ4v) is 1.37. The predicted molar refractivity (Wildman–Crippen MR) is 55.1 cm³/mol. The molecule has 0 amide bonds. The molecule has 5 nitrogen and oxygen atoms in total. The SMILES string of the molecule is C/C(=C\C(=O)O)n1nnc2ccccc21. The average Bonchev–Trinajstić information content (AvgIpc) is 2.59. The van der Waals surface area contributed by atoms with Crippen LogP contribution in [0.4, 0.5) is 0 Å². The summed E-state index contributed by atoms with van der Waals surface area (Å²) < 4.78 is 1.50. The zero-order valence-electron chi connectivity index (χ0n) is 8.08. The molecule has 0 saturated carbocycles. The lowest BCUT2D eigenvalue weighted by Gasteiger charge is -1.99. The van der Waals surface area contributed by atoms with Gasteiger partial charge < -0.3 is 5.11 Å². The van der Waals surface area contributed by atoms with Crippen LogP contribution in [-0.2, 0) is 4.79 Å². The summed E-state index contributed by atoms with van der Waals surface area (Å²) in [4.78, 5) is 10.5. The van der Waals surface area contributed by atoms with Crippen LogP contribution >= 0.6 is 0 Å². The number of nitrogens with zero attached hydrogens (tertiary/aromatic N) is 3. The molecule has 0 spiro atoms. The maximum Gasteiger partial charge on any atom is 0.330 e. The summed E-state index contributed by atoms with van der Waals surface area (Å²) in [6.45, 7) is 1.68. The second-order valence-corrected chi connectivity index (χ2v) is 3.11. The van der Waals surface area contributed by atoms with Gasteiger partial charge in [0.2, 0.25) is 0 Å². The van der Waals surface area contributed by atoms with Crippen LogP contribution < -0.4 is 0 Å². The number of allylic oxidation sites excluding steroid dienone is 1. The Morgan fingerprint density at radius 1 is 1.47 bits per heavy atom. The van der Waals surface area contributed by atoms with Crippen molar-refractivity contribution in [2.75, 3.05) is 0 Å². The molecule has 0 aliphatic carbocycles. The van der Waals surface area contributed by atoms with Gasteiger partial charge in [0, 0.05) is 11.8 Å². The summed E-state index contributed by atoms with van der Waals surface area (Å²) >= 11 is 0. The molecule has 5 heteroatoms. The molecule has 0 atom stereocenters. The molecule has 0 fully saturated rings. The molecule has 2 rings (SSSR count). The molecule has 1 aromatic carbocycles. The van der Waals surface area contributed by atoms with Gasteiger partial charge in [-0.3, -0.25) is 0 Å². The van der Waals surface area contributed by atoms with E-state index in [-0.39, 0.29) is 0 Å². The van der Waals surface area contributed by atoms with Crippen LogP contribution in [0.2, 0.25) is 0 Å². The lowest BCUT2D eigenvalue weighted by Crippen LogP contribution is -1.99. The van der Waals surface area contributed by atoms with Crippen molar-refractivity contribution >= 4 is 22.7 Å². The molecule has 0 radical (unpaired) electrons. The van der Waals surface area contributed by atoms with Crippen molar-refractivity contribution in [3.8, 4) is 0 Å². The van der Waals surface area contributed by atoms with Gasteiger partial charge in [-0.2, -0.15) is 0 Å². The van der Waals surface area contributed by atoms with Gasteiger partial charge in [0.1, 0.15) is 5.52 Å². The van der Waals surface area contributed by atoms with E-state index in [1.54, 1.807) is 6.92 Å². The number of carboxylic acids is 1. The van der Waals surface area contributed by atoms with Crippen LogP contribution in [-0.4, -0.2) is 26.1 Å². The van der Waals surface area contributed by atoms with Gasteiger partial charge >= 0.3 is 5.97 Å². The number of carboxylic acid groups (broad SMARTS) is 1. The predicted octanol–water partition coefficient (Wildman–Crippen LogP) is 1.38. The van der Waals surface area contributed by atoms with E-state index in [1.165, 1.54) is 4.68 Å². The lowest BCUT2D eigenvalue weighted by molar-refractivity contribution is -0.131. The van der Waals surface area contributed by atoms with Crippen molar-refractivity contribution < 1.29 is 9.90 Å². The van der Waals surface area contributed by atoms with Gasteiger partial charge in [0.05, 0.1) is 5.52 Å². The van der Waals surface area contributed by atoms with E-state index in [1.807, 2.05) is 24.3 Å². The first-order valence-electron chi connectivity index (χ1n) is 4.40. The van der Waals surface area contributed by atoms with Crippen molar-refractivity contribution in [3.63, 3.8) is 0 Å². The number of fused-ring (bicyclic) bond motifs is 1. The Morgan fingerprint density at radius 3 is 2.93 bits per heavy atom. The van der Waals surface area contributed by atoms with E-state index in [0.717, 1.165) is 17.1 Å². The summed E-state index contributed by atoms with van der Waals surface area (Å²) in [7, 11) is 0. The molecule has 2 aromatic rings. The first-order valence-corrected chi connectivity index (χ1v) is 4.40. The molecule has 0 aliphatic heterocycles. The Balaban J connectivity index is 2.57. The third-order valence-electron chi connectivity index (χ3n) is 2.02. The molecule has 0 aliphatic rings. The number of hydrogen-bond acceptors (Lipinski definition) is 3. The Morgan fingerprint density at radius 2 is 2.20 bits per heavy atom. The van der Waals surface area contributed by atoms with Gasteiger partial charge in [-0.05, 0) is 19.1 Å². The van der Waals surface area contributed by atoms with Crippen LogP contribution in [0.15, 0.2) is 30.3 Å². The lowest BCUT2D eigenvalue weighted by atomic mass is 10.3. The summed E-state index contributed by atoms with van der Waals surface area (Å²) in [5.74, 6) is -0.993. The quantitative estimate of drug-likeness (QED) is 0.748. The van der Waals surface area contributed by atoms with Crippen molar-refractivity contribution in [1.82, 2.24) is 15.0 Å². The monoisotopic (exact) mass is 203 g/mol. The molecule has 1 N–H and O–H groups in total. The Kier molecular flexibility index (Phi) is 2.21. The van der Waals surface area contributed by atoms with Crippen LogP contribution in [0, 0.1) is 0 Å². The van der Waals surface area contributed by atoms with E-state index >= 15 is 0 Å². The molecular formula is C10H9N3O2. The molecule has 1 heterocycles. The van der Waals surface area contributed by atoms with Gasteiger partial charge in [-0.25, -0.2) is 9.48 Å². The first kappa shape index (κ1) is 9.39. The highest BCUT2D eigenvalue weighted by Crippen LogP contribution is 2.13. The van der Waals surface area contributed by atoms with E-state index in [0.29, 0.717) is 5.70 Å². The number of para-hydroxylation sites is 1. The van der Waals surface area contributed by atoms with Gasteiger partial charge in [-0.1, -0.05) is 17.3 Å². The third kappa shape index (κ3) is 1.71. The minimum Gasteiger partial charge on any atom is -0.478 e. The topological polar surface area (TPSA) is 68.0 Å². The average molecular weight is 203 g/mol. The highest BCUT2D eigenvalue weighted by atomic mass is 16.4. The number of hydrogen-bond donors (Lipinski definition) is 1. The first-order chi connectivity index (χ1) is 7.18. The summed E-state index contributed by atoms with van der Waals surface area (Å²) in [6.07, 6.45) is 1.10. The van der Waals surface area contributed by atoms with Crippen LogP contribution in [0.5, 0.6) is 0 Å². The third-order valence-corrected chi connectivity index (χ3v) is 2.02. The number of aliphatic carboxylic acids is 1. The second-order valence-electron chi connectivity index (χ2n) is 3.11. The Labute approximate surface area is 85.6 Å². The normalized spacial score (nSPS) is 11.9. The fourth-order valence-electron chi connectivity index (χ4n) is 1.37. The van der Waals surface area contributed by atoms with E-state index in [2.05, 4.69) is 10.3 Å². The van der Waals surface area contributed by atoms with Gasteiger partial charge in [-0.15, -0.1) is 5.10 Å².